The van der Waals surface area contributed by atoms with Gasteiger partial charge >= 0.3 is 0 Å². The molecule has 2 aliphatic heterocycles. The predicted octanol–water partition coefficient (Wildman–Crippen LogP) is 4.04. The van der Waals surface area contributed by atoms with Crippen LogP contribution in [0, 0.1) is 5.92 Å². The van der Waals surface area contributed by atoms with Gasteiger partial charge in [0.25, 0.3) is 5.91 Å². The highest BCUT2D eigenvalue weighted by Gasteiger charge is 2.28. The van der Waals surface area contributed by atoms with Gasteiger partial charge in [-0.2, -0.15) is 0 Å². The molecule has 1 saturated heterocycles. The predicted molar refractivity (Wildman–Crippen MR) is 100 cm³/mol. The second-order valence-electron chi connectivity index (χ2n) is 7.26. The summed E-state index contributed by atoms with van der Waals surface area (Å²) in [6.07, 6.45) is 6.27. The first-order valence-electron chi connectivity index (χ1n) is 9.34. The lowest BCUT2D eigenvalue weighted by Gasteiger charge is -2.34. The van der Waals surface area contributed by atoms with Crippen LogP contribution in [0.2, 0.25) is 0 Å². The SMILES string of the molecule is CC1CCCN(C(=O)c2cccnc2N2CCCc3ccccc32)C1. The molecule has 0 spiro atoms. The van der Waals surface area contributed by atoms with Crippen LogP contribution in [-0.4, -0.2) is 35.4 Å². The van der Waals surface area contributed by atoms with Crippen molar-refractivity contribution in [2.45, 2.75) is 32.6 Å². The van der Waals surface area contributed by atoms with Crippen LogP contribution in [-0.2, 0) is 6.42 Å². The van der Waals surface area contributed by atoms with Crippen molar-refractivity contribution < 1.29 is 4.79 Å². The van der Waals surface area contributed by atoms with Crippen LogP contribution in [0.5, 0.6) is 0 Å². The van der Waals surface area contributed by atoms with Crippen LogP contribution < -0.4 is 4.90 Å². The molecule has 0 radical (unpaired) electrons. The Morgan fingerprint density at radius 2 is 2.00 bits per heavy atom. The third-order valence-corrected chi connectivity index (χ3v) is 5.33. The number of benzene rings is 1. The van der Waals surface area contributed by atoms with Gasteiger partial charge in [0, 0.05) is 31.5 Å². The van der Waals surface area contributed by atoms with Gasteiger partial charge in [-0.1, -0.05) is 25.1 Å². The molecule has 1 aromatic carbocycles. The van der Waals surface area contributed by atoms with Gasteiger partial charge in [-0.25, -0.2) is 4.98 Å². The number of fused-ring (bicyclic) bond motifs is 1. The first-order chi connectivity index (χ1) is 12.2. The number of aryl methyl sites for hydroxylation is 1. The van der Waals surface area contributed by atoms with E-state index in [0.717, 1.165) is 50.3 Å². The summed E-state index contributed by atoms with van der Waals surface area (Å²) in [5.41, 5.74) is 3.26. The fourth-order valence-corrected chi connectivity index (χ4v) is 4.08. The van der Waals surface area contributed by atoms with E-state index in [-0.39, 0.29) is 5.91 Å². The fraction of sp³-hybridized carbons (Fsp3) is 0.429. The van der Waals surface area contributed by atoms with E-state index >= 15 is 0 Å². The van der Waals surface area contributed by atoms with Crippen LogP contribution in [0.4, 0.5) is 11.5 Å². The number of aromatic nitrogens is 1. The maximum Gasteiger partial charge on any atom is 0.257 e. The average molecular weight is 335 g/mol. The molecule has 2 aromatic rings. The second kappa shape index (κ2) is 6.87. The molecule has 0 N–H and O–H groups in total. The average Bonchev–Trinajstić information content (AvgIpc) is 2.67. The Hall–Kier alpha value is -2.36. The highest BCUT2D eigenvalue weighted by Crippen LogP contribution is 2.34. The number of piperidine rings is 1. The molecule has 130 valence electrons. The van der Waals surface area contributed by atoms with Gasteiger partial charge in [0.15, 0.2) is 0 Å². The van der Waals surface area contributed by atoms with Crippen molar-refractivity contribution in [2.24, 2.45) is 5.92 Å². The summed E-state index contributed by atoms with van der Waals surface area (Å²) in [6.45, 7) is 4.84. The summed E-state index contributed by atoms with van der Waals surface area (Å²) in [4.78, 5) is 22.0. The van der Waals surface area contributed by atoms with Gasteiger partial charge in [0.1, 0.15) is 5.82 Å². The zero-order chi connectivity index (χ0) is 17.2. The molecule has 4 nitrogen and oxygen atoms in total. The first kappa shape index (κ1) is 16.1. The minimum Gasteiger partial charge on any atom is -0.338 e. The second-order valence-corrected chi connectivity index (χ2v) is 7.26. The summed E-state index contributed by atoms with van der Waals surface area (Å²) in [6, 6.07) is 12.3. The number of nitrogens with zero attached hydrogens (tertiary/aromatic N) is 3. The molecule has 3 heterocycles. The smallest absolute Gasteiger partial charge is 0.257 e. The van der Waals surface area contributed by atoms with Crippen LogP contribution in [0.15, 0.2) is 42.6 Å². The monoisotopic (exact) mass is 335 g/mol. The van der Waals surface area contributed by atoms with Crippen molar-refractivity contribution in [1.29, 1.82) is 0 Å². The van der Waals surface area contributed by atoms with Gasteiger partial charge in [0.2, 0.25) is 0 Å². The third kappa shape index (κ3) is 3.13. The summed E-state index contributed by atoms with van der Waals surface area (Å²) in [7, 11) is 0. The van der Waals surface area contributed by atoms with E-state index < -0.39 is 0 Å². The first-order valence-corrected chi connectivity index (χ1v) is 9.34. The molecular weight excluding hydrogens is 310 g/mol. The fourth-order valence-electron chi connectivity index (χ4n) is 4.08. The van der Waals surface area contributed by atoms with Gasteiger partial charge in [-0.3, -0.25) is 4.79 Å². The van der Waals surface area contributed by atoms with E-state index in [4.69, 9.17) is 0 Å². The molecule has 4 heteroatoms. The van der Waals surface area contributed by atoms with Crippen LogP contribution in [0.1, 0.15) is 42.1 Å². The Bertz CT molecular complexity index is 773. The summed E-state index contributed by atoms with van der Waals surface area (Å²) >= 11 is 0. The van der Waals surface area contributed by atoms with Crippen molar-refractivity contribution in [3.05, 3.63) is 53.7 Å². The van der Waals surface area contributed by atoms with Crippen LogP contribution in [0.25, 0.3) is 0 Å². The molecule has 4 rings (SSSR count). The summed E-state index contributed by atoms with van der Waals surface area (Å²) in [5.74, 6) is 1.50. The van der Waals surface area contributed by atoms with E-state index in [0.29, 0.717) is 5.92 Å². The van der Waals surface area contributed by atoms with Gasteiger partial charge in [-0.15, -0.1) is 0 Å². The Morgan fingerprint density at radius 1 is 1.12 bits per heavy atom. The summed E-state index contributed by atoms with van der Waals surface area (Å²) < 4.78 is 0. The number of amides is 1. The minimum absolute atomic E-state index is 0.123. The molecule has 1 aromatic heterocycles. The molecule has 1 fully saturated rings. The number of pyridine rings is 1. The summed E-state index contributed by atoms with van der Waals surface area (Å²) in [5, 5.41) is 0. The van der Waals surface area contributed by atoms with Crippen LogP contribution in [0.3, 0.4) is 0 Å². The molecule has 1 amide bonds. The highest BCUT2D eigenvalue weighted by molar-refractivity contribution is 5.99. The van der Waals surface area contributed by atoms with Crippen molar-refractivity contribution in [3.8, 4) is 0 Å². The van der Waals surface area contributed by atoms with E-state index in [1.54, 1.807) is 6.20 Å². The maximum atomic E-state index is 13.2. The topological polar surface area (TPSA) is 36.4 Å². The zero-order valence-electron chi connectivity index (χ0n) is 14.8. The lowest BCUT2D eigenvalue weighted by atomic mass is 9.99. The normalized spacial score (nSPS) is 20.3. The third-order valence-electron chi connectivity index (χ3n) is 5.33. The van der Waals surface area contributed by atoms with Gasteiger partial charge < -0.3 is 9.80 Å². The van der Waals surface area contributed by atoms with Gasteiger partial charge in [0.05, 0.1) is 5.56 Å². The molecule has 1 atom stereocenters. The molecule has 0 bridgehead atoms. The maximum absolute atomic E-state index is 13.2. The lowest BCUT2D eigenvalue weighted by molar-refractivity contribution is 0.0683. The molecular formula is C21H25N3O. The Balaban J connectivity index is 1.70. The number of hydrogen-bond donors (Lipinski definition) is 0. The highest BCUT2D eigenvalue weighted by atomic mass is 16.2. The number of rotatable bonds is 2. The van der Waals surface area contributed by atoms with Crippen molar-refractivity contribution >= 4 is 17.4 Å². The molecule has 0 saturated carbocycles. The van der Waals surface area contributed by atoms with Crippen LogP contribution >= 0.6 is 0 Å². The number of para-hydroxylation sites is 1. The Morgan fingerprint density at radius 3 is 2.88 bits per heavy atom. The number of likely N-dealkylation sites (tertiary alicyclic amines) is 1. The lowest BCUT2D eigenvalue weighted by Crippen LogP contribution is -2.40. The van der Waals surface area contributed by atoms with E-state index in [9.17, 15) is 4.79 Å². The van der Waals surface area contributed by atoms with Crippen molar-refractivity contribution in [3.63, 3.8) is 0 Å². The molecule has 25 heavy (non-hydrogen) atoms. The quantitative estimate of drug-likeness (QED) is 0.831. The number of anilines is 2. The Kier molecular flexibility index (Phi) is 4.43. The number of carbonyl (C=O) groups is 1. The van der Waals surface area contributed by atoms with Crippen molar-refractivity contribution in [2.75, 3.05) is 24.5 Å². The van der Waals surface area contributed by atoms with Gasteiger partial charge in [-0.05, 0) is 55.4 Å². The minimum atomic E-state index is 0.123. The van der Waals surface area contributed by atoms with E-state index in [1.165, 1.54) is 17.7 Å². The Labute approximate surface area is 149 Å². The molecule has 0 aliphatic carbocycles. The molecule has 2 aliphatic rings. The standard InChI is InChI=1S/C21H25N3O/c1-16-7-5-13-23(15-16)21(25)18-10-4-12-22-20(18)24-14-6-9-17-8-2-3-11-19(17)24/h2-4,8,10-12,16H,5-7,9,13-15H2,1H3. The van der Waals surface area contributed by atoms with Crippen molar-refractivity contribution in [1.82, 2.24) is 9.88 Å². The zero-order valence-corrected chi connectivity index (χ0v) is 14.8. The number of carbonyl (C=O) groups excluding carboxylic acids is 1. The molecule has 1 unspecified atom stereocenters. The largest absolute Gasteiger partial charge is 0.338 e. The van der Waals surface area contributed by atoms with E-state index in [2.05, 4.69) is 41.1 Å². The van der Waals surface area contributed by atoms with E-state index in [1.807, 2.05) is 17.0 Å². The number of hydrogen-bond acceptors (Lipinski definition) is 3.